The van der Waals surface area contributed by atoms with Gasteiger partial charge in [0.1, 0.15) is 0 Å². The Balaban J connectivity index is 1.38. The number of Topliss-reactive ketones (excluding diaryl/α,β-unsaturated/α-hetero) is 1. The lowest BCUT2D eigenvalue weighted by atomic mass is 10.1. The summed E-state index contributed by atoms with van der Waals surface area (Å²) in [4.78, 5) is 17.1. The minimum atomic E-state index is 0.0912. The summed E-state index contributed by atoms with van der Waals surface area (Å²) in [5, 5.41) is 10.4. The van der Waals surface area contributed by atoms with Crippen LogP contribution in [0.25, 0.3) is 10.8 Å². The second-order valence-electron chi connectivity index (χ2n) is 6.72. The van der Waals surface area contributed by atoms with E-state index in [4.69, 9.17) is 4.42 Å². The molecule has 3 aromatic rings. The summed E-state index contributed by atoms with van der Waals surface area (Å²) in [6.07, 6.45) is 0. The molecule has 2 aromatic heterocycles. The number of anilines is 1. The van der Waals surface area contributed by atoms with Crippen LogP contribution in [0.5, 0.6) is 0 Å². The molecule has 1 atom stereocenters. The van der Waals surface area contributed by atoms with Gasteiger partial charge in [0.15, 0.2) is 5.78 Å². The van der Waals surface area contributed by atoms with E-state index in [0.717, 1.165) is 42.3 Å². The minimum absolute atomic E-state index is 0.0912. The Bertz CT molecular complexity index is 896. The molecule has 140 valence electrons. The number of rotatable bonds is 5. The number of hydrogen-bond donors (Lipinski definition) is 0. The number of benzene rings is 1. The molecule has 0 amide bonds. The summed E-state index contributed by atoms with van der Waals surface area (Å²) < 4.78 is 5.89. The molecule has 7 heteroatoms. The topological polar surface area (TPSA) is 62.5 Å². The van der Waals surface area contributed by atoms with E-state index in [2.05, 4.69) is 26.9 Å². The van der Waals surface area contributed by atoms with Crippen LogP contribution in [0.3, 0.4) is 0 Å². The molecular weight excluding hydrogens is 360 g/mol. The van der Waals surface area contributed by atoms with Gasteiger partial charge in [0.2, 0.25) is 5.89 Å². The summed E-state index contributed by atoms with van der Waals surface area (Å²) >= 11 is 1.60. The molecule has 1 aliphatic heterocycles. The van der Waals surface area contributed by atoms with Gasteiger partial charge in [-0.05, 0) is 49.6 Å². The van der Waals surface area contributed by atoms with Crippen LogP contribution < -0.4 is 4.90 Å². The molecule has 4 rings (SSSR count). The quantitative estimate of drug-likeness (QED) is 0.624. The van der Waals surface area contributed by atoms with Crippen molar-refractivity contribution in [2.45, 2.75) is 19.9 Å². The lowest BCUT2D eigenvalue weighted by Gasteiger charge is -2.38. The molecule has 0 N–H and O–H groups in total. The molecule has 3 heterocycles. The Morgan fingerprint density at radius 2 is 1.85 bits per heavy atom. The number of thiophene rings is 1. The smallest absolute Gasteiger partial charge is 0.257 e. The van der Waals surface area contributed by atoms with Crippen LogP contribution in [0, 0.1) is 0 Å². The van der Waals surface area contributed by atoms with Crippen LogP contribution in [-0.2, 0) is 0 Å². The molecule has 0 aliphatic carbocycles. The lowest BCUT2D eigenvalue weighted by Crippen LogP contribution is -2.47. The summed E-state index contributed by atoms with van der Waals surface area (Å²) in [6.45, 7) is 7.41. The van der Waals surface area contributed by atoms with Gasteiger partial charge in [-0.1, -0.05) is 6.07 Å². The average molecular weight is 382 g/mol. The Hall–Kier alpha value is -2.51. The number of carbonyl (C=O) groups is 1. The van der Waals surface area contributed by atoms with Crippen molar-refractivity contribution in [3.05, 3.63) is 53.2 Å². The van der Waals surface area contributed by atoms with Gasteiger partial charge in [0.25, 0.3) is 5.89 Å². The highest BCUT2D eigenvalue weighted by atomic mass is 32.1. The molecule has 1 unspecified atom stereocenters. The fraction of sp³-hybridized carbons (Fsp3) is 0.350. The first kappa shape index (κ1) is 17.9. The van der Waals surface area contributed by atoms with Gasteiger partial charge in [0.05, 0.1) is 10.9 Å². The zero-order valence-corrected chi connectivity index (χ0v) is 16.3. The second kappa shape index (κ2) is 7.62. The first-order valence-corrected chi connectivity index (χ1v) is 9.97. The van der Waals surface area contributed by atoms with Gasteiger partial charge in [-0.2, -0.15) is 0 Å². The summed E-state index contributed by atoms with van der Waals surface area (Å²) in [5.41, 5.74) is 1.91. The third-order valence-electron chi connectivity index (χ3n) is 5.03. The number of carbonyl (C=O) groups excluding carboxylic acids is 1. The van der Waals surface area contributed by atoms with E-state index >= 15 is 0 Å². The molecule has 6 nitrogen and oxygen atoms in total. The summed E-state index contributed by atoms with van der Waals surface area (Å²) in [5.74, 6) is 1.36. The summed E-state index contributed by atoms with van der Waals surface area (Å²) in [7, 11) is 0. The van der Waals surface area contributed by atoms with Gasteiger partial charge < -0.3 is 9.32 Å². The predicted octanol–water partition coefficient (Wildman–Crippen LogP) is 3.88. The number of nitrogens with zero attached hydrogens (tertiary/aromatic N) is 4. The maximum absolute atomic E-state index is 11.4. The highest BCUT2D eigenvalue weighted by Crippen LogP contribution is 2.28. The van der Waals surface area contributed by atoms with Gasteiger partial charge in [0, 0.05) is 37.4 Å². The maximum atomic E-state index is 11.4. The number of aromatic nitrogens is 2. The first-order valence-electron chi connectivity index (χ1n) is 9.09. The second-order valence-corrected chi connectivity index (χ2v) is 7.67. The Labute approximate surface area is 162 Å². The largest absolute Gasteiger partial charge is 0.418 e. The molecule has 27 heavy (non-hydrogen) atoms. The highest BCUT2D eigenvalue weighted by molar-refractivity contribution is 7.13. The van der Waals surface area contributed by atoms with E-state index in [9.17, 15) is 4.79 Å². The van der Waals surface area contributed by atoms with Crippen LogP contribution >= 0.6 is 11.3 Å². The van der Waals surface area contributed by atoms with E-state index < -0.39 is 0 Å². The van der Waals surface area contributed by atoms with E-state index in [0.29, 0.717) is 11.8 Å². The van der Waals surface area contributed by atoms with E-state index in [1.807, 2.05) is 41.8 Å². The van der Waals surface area contributed by atoms with Gasteiger partial charge in [-0.25, -0.2) is 0 Å². The molecule has 0 saturated carbocycles. The van der Waals surface area contributed by atoms with Gasteiger partial charge in [-0.15, -0.1) is 21.5 Å². The SMILES string of the molecule is CC(=O)c1ccc(N2CCN(C(C)c3nnc(-c4cccs4)o3)CC2)cc1. The third kappa shape index (κ3) is 3.79. The third-order valence-corrected chi connectivity index (χ3v) is 5.89. The normalized spacial score (nSPS) is 16.4. The van der Waals surface area contributed by atoms with Crippen molar-refractivity contribution in [1.29, 1.82) is 0 Å². The molecular formula is C20H22N4O2S. The molecule has 0 radical (unpaired) electrons. The van der Waals surface area contributed by atoms with Crippen LogP contribution in [0.4, 0.5) is 5.69 Å². The molecule has 1 aromatic carbocycles. The number of piperazine rings is 1. The van der Waals surface area contributed by atoms with Crippen molar-refractivity contribution in [2.75, 3.05) is 31.1 Å². The van der Waals surface area contributed by atoms with Gasteiger partial charge >= 0.3 is 0 Å². The molecule has 1 saturated heterocycles. The highest BCUT2D eigenvalue weighted by Gasteiger charge is 2.26. The van der Waals surface area contributed by atoms with Crippen molar-refractivity contribution < 1.29 is 9.21 Å². The molecule has 1 fully saturated rings. The van der Waals surface area contributed by atoms with Crippen LogP contribution in [0.2, 0.25) is 0 Å². The predicted molar refractivity (Wildman–Crippen MR) is 106 cm³/mol. The van der Waals surface area contributed by atoms with Crippen LogP contribution in [-0.4, -0.2) is 47.1 Å². The van der Waals surface area contributed by atoms with E-state index in [1.54, 1.807) is 18.3 Å². The zero-order valence-electron chi connectivity index (χ0n) is 15.5. The van der Waals surface area contributed by atoms with Crippen molar-refractivity contribution in [3.8, 4) is 10.8 Å². The Morgan fingerprint density at radius 3 is 2.48 bits per heavy atom. The molecule has 0 bridgehead atoms. The standard InChI is InChI=1S/C20H22N4O2S/c1-14(19-21-22-20(26-19)18-4-3-13-27-18)23-9-11-24(12-10-23)17-7-5-16(6-8-17)15(2)25/h3-8,13-14H,9-12H2,1-2H3. The molecule has 1 aliphatic rings. The molecule has 0 spiro atoms. The van der Waals surface area contributed by atoms with Crippen molar-refractivity contribution in [1.82, 2.24) is 15.1 Å². The first-order chi connectivity index (χ1) is 13.1. The minimum Gasteiger partial charge on any atom is -0.418 e. The Morgan fingerprint density at radius 1 is 1.11 bits per heavy atom. The Kier molecular flexibility index (Phi) is 5.05. The van der Waals surface area contributed by atoms with Crippen LogP contribution in [0.1, 0.15) is 36.1 Å². The number of ketones is 1. The monoisotopic (exact) mass is 382 g/mol. The van der Waals surface area contributed by atoms with E-state index in [1.165, 1.54) is 0 Å². The van der Waals surface area contributed by atoms with Crippen molar-refractivity contribution in [3.63, 3.8) is 0 Å². The van der Waals surface area contributed by atoms with Gasteiger partial charge in [-0.3, -0.25) is 9.69 Å². The lowest BCUT2D eigenvalue weighted by molar-refractivity contribution is 0.101. The van der Waals surface area contributed by atoms with Crippen LogP contribution in [0.15, 0.2) is 46.2 Å². The zero-order chi connectivity index (χ0) is 18.8. The van der Waals surface area contributed by atoms with Crippen molar-refractivity contribution >= 4 is 22.8 Å². The fourth-order valence-electron chi connectivity index (χ4n) is 3.33. The summed E-state index contributed by atoms with van der Waals surface area (Å²) in [6, 6.07) is 11.9. The van der Waals surface area contributed by atoms with Crippen molar-refractivity contribution in [2.24, 2.45) is 0 Å². The fourth-order valence-corrected chi connectivity index (χ4v) is 3.98. The van der Waals surface area contributed by atoms with E-state index in [-0.39, 0.29) is 11.8 Å². The number of hydrogen-bond acceptors (Lipinski definition) is 7. The average Bonchev–Trinajstić information content (AvgIpc) is 3.39. The maximum Gasteiger partial charge on any atom is 0.257 e.